The van der Waals surface area contributed by atoms with Crippen LogP contribution in [0.1, 0.15) is 18.1 Å². The third-order valence-corrected chi connectivity index (χ3v) is 4.58. The second-order valence-electron chi connectivity index (χ2n) is 6.79. The first-order valence-corrected chi connectivity index (χ1v) is 9.51. The van der Waals surface area contributed by atoms with Gasteiger partial charge in [0.2, 0.25) is 0 Å². The molecule has 2 aromatic carbocycles. The van der Waals surface area contributed by atoms with Gasteiger partial charge in [-0.15, -0.1) is 0 Å². The zero-order valence-corrected chi connectivity index (χ0v) is 16.4. The van der Waals surface area contributed by atoms with E-state index in [1.54, 1.807) is 0 Å². The van der Waals surface area contributed by atoms with Crippen LogP contribution in [0.2, 0.25) is 0 Å². The number of fused-ring (bicyclic) bond motifs is 1. The topological polar surface area (TPSA) is 55.5 Å². The van der Waals surface area contributed by atoms with Crippen LogP contribution >= 0.6 is 0 Å². The van der Waals surface area contributed by atoms with Crippen molar-refractivity contribution >= 4 is 22.5 Å². The molecule has 0 unspecified atom stereocenters. The van der Waals surface area contributed by atoms with Crippen LogP contribution in [0.3, 0.4) is 0 Å². The summed E-state index contributed by atoms with van der Waals surface area (Å²) in [4.78, 5) is 10.1. The van der Waals surface area contributed by atoms with E-state index >= 15 is 0 Å². The smallest absolute Gasteiger partial charge is 0.191 e. The molecule has 5 nitrogen and oxygen atoms in total. The molecule has 3 aromatic rings. The van der Waals surface area contributed by atoms with Gasteiger partial charge in [-0.1, -0.05) is 30.3 Å². The Hall–Kier alpha value is -2.95. The van der Waals surface area contributed by atoms with Crippen LogP contribution in [0.4, 0.5) is 5.69 Å². The molecule has 0 spiro atoms. The average Bonchev–Trinajstić information content (AvgIpc) is 3.09. The van der Waals surface area contributed by atoms with Gasteiger partial charge in [-0.3, -0.25) is 0 Å². The Morgan fingerprint density at radius 3 is 2.56 bits per heavy atom. The monoisotopic (exact) mass is 363 g/mol. The standard InChI is InChI=1S/C22H29N5/c1-4-23-22(26-15-17-9-11-19(12-10-17)27(2)3)24-14-13-18-16-25-21-8-6-5-7-20(18)21/h5-12,16,25H,4,13-15H2,1-3H3,(H2,23,24,26). The van der Waals surface area contributed by atoms with Crippen molar-refractivity contribution < 1.29 is 0 Å². The van der Waals surface area contributed by atoms with Gasteiger partial charge in [0, 0.05) is 50.0 Å². The minimum absolute atomic E-state index is 0.663. The highest BCUT2D eigenvalue weighted by atomic mass is 15.2. The number of aromatic amines is 1. The van der Waals surface area contributed by atoms with Gasteiger partial charge in [-0.2, -0.15) is 0 Å². The van der Waals surface area contributed by atoms with Crippen LogP contribution in [0.15, 0.2) is 59.7 Å². The molecule has 0 atom stereocenters. The van der Waals surface area contributed by atoms with Crippen molar-refractivity contribution in [1.82, 2.24) is 15.6 Å². The molecule has 27 heavy (non-hydrogen) atoms. The van der Waals surface area contributed by atoms with E-state index in [1.807, 2.05) is 14.1 Å². The molecular weight excluding hydrogens is 334 g/mol. The first-order valence-electron chi connectivity index (χ1n) is 9.51. The zero-order chi connectivity index (χ0) is 19.1. The SMILES string of the molecule is CCNC(=NCc1ccc(N(C)C)cc1)NCCc1c[nH]c2ccccc12. The van der Waals surface area contributed by atoms with Crippen molar-refractivity contribution in [2.45, 2.75) is 19.9 Å². The van der Waals surface area contributed by atoms with Crippen molar-refractivity contribution in [3.8, 4) is 0 Å². The van der Waals surface area contributed by atoms with Crippen LogP contribution in [0, 0.1) is 0 Å². The maximum Gasteiger partial charge on any atom is 0.191 e. The molecule has 0 saturated heterocycles. The lowest BCUT2D eigenvalue weighted by molar-refractivity contribution is 0.801. The van der Waals surface area contributed by atoms with Crippen LogP contribution in [0.5, 0.6) is 0 Å². The quantitative estimate of drug-likeness (QED) is 0.445. The minimum atomic E-state index is 0.663. The highest BCUT2D eigenvalue weighted by Gasteiger charge is 2.04. The molecule has 3 rings (SSSR count). The number of benzene rings is 2. The van der Waals surface area contributed by atoms with Gasteiger partial charge in [0.05, 0.1) is 6.54 Å². The van der Waals surface area contributed by atoms with E-state index < -0.39 is 0 Å². The fraction of sp³-hybridized carbons (Fsp3) is 0.318. The largest absolute Gasteiger partial charge is 0.378 e. The molecule has 0 amide bonds. The van der Waals surface area contributed by atoms with Gasteiger partial charge in [0.25, 0.3) is 0 Å². The molecule has 3 N–H and O–H groups in total. The molecule has 1 heterocycles. The van der Waals surface area contributed by atoms with Crippen molar-refractivity contribution in [1.29, 1.82) is 0 Å². The van der Waals surface area contributed by atoms with Crippen molar-refractivity contribution in [2.75, 3.05) is 32.1 Å². The van der Waals surface area contributed by atoms with Crippen molar-refractivity contribution in [3.05, 3.63) is 65.9 Å². The Labute approximate surface area is 161 Å². The van der Waals surface area contributed by atoms with E-state index in [-0.39, 0.29) is 0 Å². The van der Waals surface area contributed by atoms with Gasteiger partial charge in [0.15, 0.2) is 5.96 Å². The number of rotatable bonds is 7. The third-order valence-electron chi connectivity index (χ3n) is 4.58. The Bertz CT molecular complexity index is 877. The normalized spacial score (nSPS) is 11.6. The van der Waals surface area contributed by atoms with Gasteiger partial charge < -0.3 is 20.5 Å². The molecule has 0 aliphatic rings. The Morgan fingerprint density at radius 1 is 1.04 bits per heavy atom. The van der Waals surface area contributed by atoms with Gasteiger partial charge in [-0.25, -0.2) is 4.99 Å². The zero-order valence-electron chi connectivity index (χ0n) is 16.4. The predicted molar refractivity (Wildman–Crippen MR) is 116 cm³/mol. The number of hydrogen-bond donors (Lipinski definition) is 3. The highest BCUT2D eigenvalue weighted by Crippen LogP contribution is 2.17. The van der Waals surface area contributed by atoms with E-state index in [9.17, 15) is 0 Å². The summed E-state index contributed by atoms with van der Waals surface area (Å²) < 4.78 is 0. The molecule has 142 valence electrons. The number of nitrogens with zero attached hydrogens (tertiary/aromatic N) is 2. The molecule has 0 aliphatic carbocycles. The minimum Gasteiger partial charge on any atom is -0.378 e. The predicted octanol–water partition coefficient (Wildman–Crippen LogP) is 3.53. The number of nitrogens with one attached hydrogen (secondary N) is 3. The Morgan fingerprint density at radius 2 is 1.81 bits per heavy atom. The number of para-hydroxylation sites is 1. The van der Waals surface area contributed by atoms with E-state index in [2.05, 4.69) is 82.2 Å². The summed E-state index contributed by atoms with van der Waals surface area (Å²) in [5.41, 5.74) is 4.92. The van der Waals surface area contributed by atoms with Crippen LogP contribution < -0.4 is 15.5 Å². The fourth-order valence-electron chi connectivity index (χ4n) is 3.07. The van der Waals surface area contributed by atoms with Crippen LogP contribution in [-0.4, -0.2) is 38.1 Å². The summed E-state index contributed by atoms with van der Waals surface area (Å²) >= 11 is 0. The van der Waals surface area contributed by atoms with Crippen molar-refractivity contribution in [3.63, 3.8) is 0 Å². The molecule has 0 fully saturated rings. The first-order chi connectivity index (χ1) is 13.2. The summed E-state index contributed by atoms with van der Waals surface area (Å²) in [6, 6.07) is 16.9. The lowest BCUT2D eigenvalue weighted by Gasteiger charge is -2.13. The number of aromatic nitrogens is 1. The molecular formula is C22H29N5. The van der Waals surface area contributed by atoms with Gasteiger partial charge in [0.1, 0.15) is 0 Å². The summed E-state index contributed by atoms with van der Waals surface area (Å²) in [6.45, 7) is 4.44. The highest BCUT2D eigenvalue weighted by molar-refractivity contribution is 5.83. The second kappa shape index (κ2) is 9.12. The second-order valence-corrected chi connectivity index (χ2v) is 6.79. The molecule has 5 heteroatoms. The fourth-order valence-corrected chi connectivity index (χ4v) is 3.07. The number of anilines is 1. The van der Waals surface area contributed by atoms with E-state index in [0.717, 1.165) is 25.5 Å². The lowest BCUT2D eigenvalue weighted by atomic mass is 10.1. The lowest BCUT2D eigenvalue weighted by Crippen LogP contribution is -2.38. The molecule has 0 saturated carbocycles. The maximum absolute atomic E-state index is 4.71. The third kappa shape index (κ3) is 5.03. The van der Waals surface area contributed by atoms with Crippen molar-refractivity contribution in [2.24, 2.45) is 4.99 Å². The number of guanidine groups is 1. The number of H-pyrrole nitrogens is 1. The molecule has 0 bridgehead atoms. The van der Waals surface area contributed by atoms with Gasteiger partial charge in [-0.05, 0) is 42.7 Å². The van der Waals surface area contributed by atoms with Gasteiger partial charge >= 0.3 is 0 Å². The number of hydrogen-bond acceptors (Lipinski definition) is 2. The van der Waals surface area contributed by atoms with E-state index in [0.29, 0.717) is 6.54 Å². The summed E-state index contributed by atoms with van der Waals surface area (Å²) in [7, 11) is 4.10. The summed E-state index contributed by atoms with van der Waals surface area (Å²) in [6.07, 6.45) is 3.05. The molecule has 0 aliphatic heterocycles. The summed E-state index contributed by atoms with van der Waals surface area (Å²) in [5.74, 6) is 0.856. The van der Waals surface area contributed by atoms with Crippen LogP contribution in [0.25, 0.3) is 10.9 Å². The number of aliphatic imine (C=N–C) groups is 1. The first kappa shape index (κ1) is 18.8. The maximum atomic E-state index is 4.71. The summed E-state index contributed by atoms with van der Waals surface area (Å²) in [5, 5.41) is 8.06. The average molecular weight is 364 g/mol. The van der Waals surface area contributed by atoms with Crippen LogP contribution in [-0.2, 0) is 13.0 Å². The molecule has 0 radical (unpaired) electrons. The van der Waals surface area contributed by atoms with E-state index in [1.165, 1.54) is 27.7 Å². The van der Waals surface area contributed by atoms with E-state index in [4.69, 9.17) is 4.99 Å². The Balaban J connectivity index is 1.57. The molecule has 1 aromatic heterocycles. The Kier molecular flexibility index (Phi) is 6.36.